The molecule has 0 aliphatic carbocycles. The Morgan fingerprint density at radius 3 is 2.59 bits per heavy atom. The molecule has 0 spiro atoms. The van der Waals surface area contributed by atoms with Crippen molar-refractivity contribution in [2.75, 3.05) is 11.5 Å². The normalized spacial score (nSPS) is 27.2. The van der Waals surface area contributed by atoms with Crippen molar-refractivity contribution in [3.8, 4) is 0 Å². The van der Waals surface area contributed by atoms with Gasteiger partial charge in [-0.25, -0.2) is 18.2 Å². The first-order valence-electron chi connectivity index (χ1n) is 5.15. The molecule has 1 atom stereocenters. The molecule has 1 aromatic heterocycles. The summed E-state index contributed by atoms with van der Waals surface area (Å²) in [6.45, 7) is 3.26. The van der Waals surface area contributed by atoms with Crippen LogP contribution in [-0.2, 0) is 15.3 Å². The van der Waals surface area contributed by atoms with E-state index in [4.69, 9.17) is 9.52 Å². The number of carboxylic acids is 1. The summed E-state index contributed by atoms with van der Waals surface area (Å²) in [5.74, 6) is -1.16. The first kappa shape index (κ1) is 12.1. The molecular weight excluding hydrogens is 246 g/mol. The number of hydrogen-bond acceptors (Lipinski definition) is 5. The van der Waals surface area contributed by atoms with E-state index in [1.165, 1.54) is 6.92 Å². The van der Waals surface area contributed by atoms with Crippen molar-refractivity contribution in [1.29, 1.82) is 0 Å². The first-order chi connectivity index (χ1) is 7.73. The van der Waals surface area contributed by atoms with Crippen LogP contribution in [0.3, 0.4) is 0 Å². The largest absolute Gasteiger partial charge is 0.475 e. The van der Waals surface area contributed by atoms with Gasteiger partial charge in [0, 0.05) is 0 Å². The Morgan fingerprint density at radius 1 is 1.53 bits per heavy atom. The number of carbonyl (C=O) groups is 1. The Kier molecular flexibility index (Phi) is 2.53. The number of oxazole rings is 1. The smallest absolute Gasteiger partial charge is 0.373 e. The van der Waals surface area contributed by atoms with Gasteiger partial charge in [0.05, 0.1) is 22.6 Å². The van der Waals surface area contributed by atoms with Crippen LogP contribution in [0.1, 0.15) is 35.5 Å². The van der Waals surface area contributed by atoms with E-state index in [1.807, 2.05) is 0 Å². The van der Waals surface area contributed by atoms with Gasteiger partial charge in [0.2, 0.25) is 11.7 Å². The highest BCUT2D eigenvalue weighted by Gasteiger charge is 2.44. The summed E-state index contributed by atoms with van der Waals surface area (Å²) < 4.78 is 28.1. The number of rotatable bonds is 2. The molecule has 6 nitrogen and oxygen atoms in total. The molecule has 1 fully saturated rings. The molecule has 0 bridgehead atoms. The van der Waals surface area contributed by atoms with Crippen molar-refractivity contribution in [2.45, 2.75) is 25.7 Å². The van der Waals surface area contributed by atoms with Gasteiger partial charge >= 0.3 is 5.97 Å². The van der Waals surface area contributed by atoms with E-state index < -0.39 is 21.2 Å². The van der Waals surface area contributed by atoms with E-state index >= 15 is 0 Å². The topological polar surface area (TPSA) is 97.5 Å². The zero-order valence-electron chi connectivity index (χ0n) is 9.56. The fourth-order valence-electron chi connectivity index (χ4n) is 2.03. The maximum Gasteiger partial charge on any atom is 0.373 e. The Bertz CT molecular complexity index is 574. The van der Waals surface area contributed by atoms with E-state index in [0.717, 1.165) is 0 Å². The molecule has 1 aliphatic heterocycles. The van der Waals surface area contributed by atoms with Crippen LogP contribution < -0.4 is 0 Å². The summed E-state index contributed by atoms with van der Waals surface area (Å²) in [6.07, 6.45) is 0.411. The average molecular weight is 259 g/mol. The Hall–Kier alpha value is -1.37. The predicted octanol–water partition coefficient (Wildman–Crippen LogP) is 0.757. The molecule has 1 saturated heterocycles. The molecule has 1 N–H and O–H groups in total. The number of aromatic nitrogens is 1. The summed E-state index contributed by atoms with van der Waals surface area (Å²) in [5.41, 5.74) is -0.435. The lowest BCUT2D eigenvalue weighted by Crippen LogP contribution is -2.23. The third-order valence-corrected chi connectivity index (χ3v) is 4.91. The summed E-state index contributed by atoms with van der Waals surface area (Å²) >= 11 is 0. The van der Waals surface area contributed by atoms with Crippen LogP contribution in [0.15, 0.2) is 4.42 Å². The minimum Gasteiger partial charge on any atom is -0.475 e. The minimum absolute atomic E-state index is 0.0426. The van der Waals surface area contributed by atoms with E-state index in [-0.39, 0.29) is 28.9 Å². The van der Waals surface area contributed by atoms with Crippen molar-refractivity contribution in [3.05, 3.63) is 17.3 Å². The molecule has 0 amide bonds. The van der Waals surface area contributed by atoms with Gasteiger partial charge in [-0.05, 0) is 20.3 Å². The summed E-state index contributed by atoms with van der Waals surface area (Å²) in [4.78, 5) is 14.9. The SMILES string of the molecule is Cc1nc(C2(C)CCS(=O)(=O)C2)oc1C(=O)O. The molecule has 0 radical (unpaired) electrons. The molecule has 0 saturated carbocycles. The lowest BCUT2D eigenvalue weighted by molar-refractivity contribution is 0.0657. The van der Waals surface area contributed by atoms with Gasteiger partial charge in [-0.2, -0.15) is 0 Å². The van der Waals surface area contributed by atoms with E-state index in [1.54, 1.807) is 6.92 Å². The molecule has 2 heterocycles. The second kappa shape index (κ2) is 3.56. The maximum absolute atomic E-state index is 11.5. The zero-order chi connectivity index (χ0) is 12.8. The molecule has 1 aliphatic rings. The summed E-state index contributed by atoms with van der Waals surface area (Å²) in [6, 6.07) is 0. The minimum atomic E-state index is -3.07. The highest BCUT2D eigenvalue weighted by molar-refractivity contribution is 7.91. The second-order valence-electron chi connectivity index (χ2n) is 4.64. The van der Waals surface area contributed by atoms with Crippen LogP contribution >= 0.6 is 0 Å². The lowest BCUT2D eigenvalue weighted by Gasteiger charge is -2.16. The highest BCUT2D eigenvalue weighted by atomic mass is 32.2. The van der Waals surface area contributed by atoms with E-state index in [9.17, 15) is 13.2 Å². The number of hydrogen-bond donors (Lipinski definition) is 1. The van der Waals surface area contributed by atoms with Crippen molar-refractivity contribution < 1.29 is 22.7 Å². The van der Waals surface area contributed by atoms with Crippen LogP contribution in [0.4, 0.5) is 0 Å². The summed E-state index contributed by atoms with van der Waals surface area (Å²) in [5, 5.41) is 8.86. The molecule has 0 aromatic carbocycles. The molecular formula is C10H13NO5S. The second-order valence-corrected chi connectivity index (χ2v) is 6.83. The fraction of sp³-hybridized carbons (Fsp3) is 0.600. The van der Waals surface area contributed by atoms with Gasteiger partial charge in [-0.1, -0.05) is 0 Å². The van der Waals surface area contributed by atoms with Crippen molar-refractivity contribution >= 4 is 15.8 Å². The van der Waals surface area contributed by atoms with Crippen molar-refractivity contribution in [2.24, 2.45) is 0 Å². The predicted molar refractivity (Wildman–Crippen MR) is 58.8 cm³/mol. The van der Waals surface area contributed by atoms with Gasteiger partial charge in [-0.3, -0.25) is 0 Å². The van der Waals surface area contributed by atoms with Gasteiger partial charge in [0.1, 0.15) is 0 Å². The molecule has 1 aromatic rings. The number of carboxylic acid groups (broad SMARTS) is 1. The fourth-order valence-corrected chi connectivity index (χ4v) is 4.18. The standard InChI is InChI=1S/C10H13NO5S/c1-6-7(8(12)13)16-9(11-6)10(2)3-4-17(14,15)5-10/h3-5H2,1-2H3,(H,12,13). The third-order valence-electron chi connectivity index (χ3n) is 3.01. The molecule has 17 heavy (non-hydrogen) atoms. The van der Waals surface area contributed by atoms with Crippen LogP contribution in [0, 0.1) is 6.92 Å². The molecule has 7 heteroatoms. The quantitative estimate of drug-likeness (QED) is 0.842. The lowest BCUT2D eigenvalue weighted by atomic mass is 9.90. The Morgan fingerprint density at radius 2 is 2.18 bits per heavy atom. The van der Waals surface area contributed by atoms with Crippen LogP contribution in [0.5, 0.6) is 0 Å². The summed E-state index contributed by atoms with van der Waals surface area (Å²) in [7, 11) is -3.07. The van der Waals surface area contributed by atoms with Gasteiger partial charge in [-0.15, -0.1) is 0 Å². The van der Waals surface area contributed by atoms with Crippen LogP contribution in [0.25, 0.3) is 0 Å². The maximum atomic E-state index is 11.5. The van der Waals surface area contributed by atoms with Crippen molar-refractivity contribution in [3.63, 3.8) is 0 Å². The molecule has 1 unspecified atom stereocenters. The van der Waals surface area contributed by atoms with Crippen molar-refractivity contribution in [1.82, 2.24) is 4.98 Å². The zero-order valence-corrected chi connectivity index (χ0v) is 10.4. The Labute approximate surface area is 98.6 Å². The Balaban J connectivity index is 2.42. The number of sulfone groups is 1. The van der Waals surface area contributed by atoms with Crippen LogP contribution in [0.2, 0.25) is 0 Å². The van der Waals surface area contributed by atoms with Crippen LogP contribution in [-0.4, -0.2) is 36.0 Å². The monoisotopic (exact) mass is 259 g/mol. The van der Waals surface area contributed by atoms with E-state index in [2.05, 4.69) is 4.98 Å². The molecule has 2 rings (SSSR count). The number of aryl methyl sites for hydroxylation is 1. The van der Waals surface area contributed by atoms with Gasteiger partial charge in [0.15, 0.2) is 9.84 Å². The van der Waals surface area contributed by atoms with E-state index in [0.29, 0.717) is 6.42 Å². The average Bonchev–Trinajstić information content (AvgIpc) is 2.69. The third kappa shape index (κ3) is 2.06. The van der Waals surface area contributed by atoms with Gasteiger partial charge in [0.25, 0.3) is 0 Å². The number of nitrogens with zero attached hydrogens (tertiary/aromatic N) is 1. The number of aromatic carboxylic acids is 1. The molecule has 94 valence electrons. The van der Waals surface area contributed by atoms with Gasteiger partial charge < -0.3 is 9.52 Å². The first-order valence-corrected chi connectivity index (χ1v) is 6.97. The highest BCUT2D eigenvalue weighted by Crippen LogP contribution is 2.35.